The molecule has 0 aliphatic carbocycles. The maximum absolute atomic E-state index is 6.98. The number of hydrogen-bond acceptors (Lipinski definition) is 4. The molecule has 63 heavy (non-hydrogen) atoms. The second kappa shape index (κ2) is 15.5. The fourth-order valence-electron chi connectivity index (χ4n) is 9.14. The lowest BCUT2D eigenvalue weighted by Gasteiger charge is -2.28. The largest absolute Gasteiger partial charge is 0.457 e. The quantitative estimate of drug-likeness (QED) is 0.153. The molecular formula is C58H46N4O. The van der Waals surface area contributed by atoms with Gasteiger partial charge in [-0.25, -0.2) is 4.98 Å². The topological polar surface area (TPSA) is 33.5 Å². The molecule has 3 heterocycles. The van der Waals surface area contributed by atoms with Gasteiger partial charge >= 0.3 is 0 Å². The van der Waals surface area contributed by atoms with Crippen molar-refractivity contribution in [3.05, 3.63) is 218 Å². The molecule has 5 nitrogen and oxygen atoms in total. The van der Waals surface area contributed by atoms with Crippen LogP contribution in [0, 0.1) is 0 Å². The zero-order valence-electron chi connectivity index (χ0n) is 35.6. The average molecular weight is 815 g/mol. The molecule has 0 atom stereocenters. The molecular weight excluding hydrogens is 769 g/mol. The van der Waals surface area contributed by atoms with Crippen LogP contribution >= 0.6 is 0 Å². The number of benzene rings is 8. The van der Waals surface area contributed by atoms with E-state index in [-0.39, 0.29) is 5.41 Å². The molecule has 0 saturated carbocycles. The molecule has 2 aromatic heterocycles. The van der Waals surface area contributed by atoms with Crippen LogP contribution in [0.1, 0.15) is 26.3 Å². The van der Waals surface area contributed by atoms with Crippen molar-refractivity contribution in [3.63, 3.8) is 0 Å². The van der Waals surface area contributed by atoms with E-state index in [4.69, 9.17) is 9.72 Å². The van der Waals surface area contributed by atoms with Gasteiger partial charge in [-0.05, 0) is 87.8 Å². The molecule has 0 bridgehead atoms. The third-order valence-electron chi connectivity index (χ3n) is 12.3. The molecule has 10 aromatic rings. The molecule has 0 unspecified atom stereocenters. The van der Waals surface area contributed by atoms with E-state index in [1.807, 2.05) is 12.3 Å². The molecule has 0 spiro atoms. The zero-order chi connectivity index (χ0) is 42.5. The van der Waals surface area contributed by atoms with Crippen LogP contribution in [0.25, 0.3) is 61.0 Å². The molecule has 5 heteroatoms. The smallest absolute Gasteiger partial charge is 0.138 e. The third kappa shape index (κ3) is 6.98. The maximum atomic E-state index is 6.98. The number of ether oxygens (including phenoxy) is 1. The van der Waals surface area contributed by atoms with Gasteiger partial charge in [0.05, 0.1) is 28.1 Å². The van der Waals surface area contributed by atoms with Gasteiger partial charge in [0.15, 0.2) is 0 Å². The third-order valence-corrected chi connectivity index (χ3v) is 12.3. The molecule has 304 valence electrons. The maximum Gasteiger partial charge on any atom is 0.138 e. The van der Waals surface area contributed by atoms with Crippen molar-refractivity contribution in [3.8, 4) is 50.7 Å². The molecule has 0 N–H and O–H groups in total. The molecule has 1 aliphatic rings. The lowest BCUT2D eigenvalue weighted by Crippen LogP contribution is -2.25. The highest BCUT2D eigenvalue weighted by molar-refractivity contribution is 6.09. The normalized spacial score (nSPS) is 12.6. The van der Waals surface area contributed by atoms with Crippen LogP contribution in [0.5, 0.6) is 11.5 Å². The van der Waals surface area contributed by atoms with Crippen LogP contribution in [0.4, 0.5) is 22.7 Å². The first-order valence-corrected chi connectivity index (χ1v) is 21.6. The first kappa shape index (κ1) is 38.1. The van der Waals surface area contributed by atoms with Gasteiger partial charge in [0, 0.05) is 45.9 Å². The highest BCUT2D eigenvalue weighted by Crippen LogP contribution is 2.51. The van der Waals surface area contributed by atoms with Gasteiger partial charge in [-0.3, -0.25) is 4.57 Å². The minimum atomic E-state index is -0.140. The Morgan fingerprint density at radius 3 is 1.75 bits per heavy atom. The van der Waals surface area contributed by atoms with Crippen molar-refractivity contribution >= 4 is 44.6 Å². The summed E-state index contributed by atoms with van der Waals surface area (Å²) in [5, 5.41) is 2.32. The number of aromatic nitrogens is 2. The summed E-state index contributed by atoms with van der Waals surface area (Å²) in [5.74, 6) is 2.41. The molecule has 0 amide bonds. The van der Waals surface area contributed by atoms with Gasteiger partial charge in [-0.1, -0.05) is 160 Å². The summed E-state index contributed by atoms with van der Waals surface area (Å²) < 4.78 is 9.24. The van der Waals surface area contributed by atoms with Crippen molar-refractivity contribution in [2.45, 2.75) is 26.2 Å². The van der Waals surface area contributed by atoms with Crippen molar-refractivity contribution in [1.29, 1.82) is 0 Å². The van der Waals surface area contributed by atoms with Crippen LogP contribution in [0.2, 0.25) is 0 Å². The fourth-order valence-corrected chi connectivity index (χ4v) is 9.14. The number of anilines is 4. The van der Waals surface area contributed by atoms with E-state index in [1.54, 1.807) is 0 Å². The molecule has 8 aromatic carbocycles. The van der Waals surface area contributed by atoms with Gasteiger partial charge in [0.25, 0.3) is 0 Å². The Morgan fingerprint density at radius 1 is 0.460 bits per heavy atom. The fraction of sp³-hybridized carbons (Fsp3) is 0.0862. The highest BCUT2D eigenvalue weighted by atomic mass is 16.5. The van der Waals surface area contributed by atoms with Crippen LogP contribution in [0.3, 0.4) is 0 Å². The van der Waals surface area contributed by atoms with Crippen LogP contribution in [-0.2, 0) is 5.41 Å². The number of hydrogen-bond donors (Lipinski definition) is 0. The van der Waals surface area contributed by atoms with Crippen molar-refractivity contribution in [2.24, 2.45) is 0 Å². The van der Waals surface area contributed by atoms with Gasteiger partial charge in [0.1, 0.15) is 24.0 Å². The number of para-hydroxylation sites is 4. The Kier molecular flexibility index (Phi) is 9.39. The Labute approximate surface area is 368 Å². The SMILES string of the molecule is CC(C)(C)c1cc(Oc2ccc3c4ccccc4n(-c4cc(-c5ccccc5)ccn4)c3c2)cc(N2CN(c3c(-c4ccccc4)cccc3-c3ccccc3)c3ccccc32)c1. The molecule has 0 radical (unpaired) electrons. The summed E-state index contributed by atoms with van der Waals surface area (Å²) in [5.41, 5.74) is 14.8. The standard InChI is InChI=1S/C58H46N4O/c1-58(2,3)44-35-45(60-39-61(54-29-16-15-28-53(54)60)57-48(41-20-9-5-10-21-41)25-17-26-49(57)42-22-11-6-12-23-42)37-47(36-44)63-46-30-31-51-50-24-13-14-27-52(50)62(55(51)38-46)56-34-43(32-33-59-56)40-18-7-4-8-19-40/h4-38H,39H2,1-3H3. The summed E-state index contributed by atoms with van der Waals surface area (Å²) in [6.07, 6.45) is 1.90. The summed E-state index contributed by atoms with van der Waals surface area (Å²) >= 11 is 0. The van der Waals surface area contributed by atoms with Crippen molar-refractivity contribution < 1.29 is 4.74 Å². The van der Waals surface area contributed by atoms with E-state index in [2.05, 4.69) is 235 Å². The lowest BCUT2D eigenvalue weighted by atomic mass is 9.86. The highest BCUT2D eigenvalue weighted by Gasteiger charge is 2.32. The van der Waals surface area contributed by atoms with Gasteiger partial charge in [-0.2, -0.15) is 0 Å². The van der Waals surface area contributed by atoms with E-state index in [9.17, 15) is 0 Å². The van der Waals surface area contributed by atoms with E-state index in [1.165, 1.54) is 38.9 Å². The first-order chi connectivity index (χ1) is 30.9. The summed E-state index contributed by atoms with van der Waals surface area (Å²) in [6, 6.07) is 73.4. The summed E-state index contributed by atoms with van der Waals surface area (Å²) in [4.78, 5) is 9.83. The van der Waals surface area contributed by atoms with Gasteiger partial charge in [0.2, 0.25) is 0 Å². The lowest BCUT2D eigenvalue weighted by molar-refractivity contribution is 0.479. The van der Waals surface area contributed by atoms with Crippen LogP contribution < -0.4 is 14.5 Å². The van der Waals surface area contributed by atoms with Crippen LogP contribution in [0.15, 0.2) is 212 Å². The minimum Gasteiger partial charge on any atom is -0.457 e. The number of rotatable bonds is 8. The Morgan fingerprint density at radius 2 is 1.06 bits per heavy atom. The van der Waals surface area contributed by atoms with Gasteiger partial charge < -0.3 is 14.5 Å². The number of nitrogens with zero attached hydrogens (tertiary/aromatic N) is 4. The van der Waals surface area contributed by atoms with E-state index >= 15 is 0 Å². The predicted molar refractivity (Wildman–Crippen MR) is 262 cm³/mol. The number of pyridine rings is 1. The molecule has 1 aliphatic heterocycles. The molecule has 0 fully saturated rings. The monoisotopic (exact) mass is 814 g/mol. The first-order valence-electron chi connectivity index (χ1n) is 21.6. The van der Waals surface area contributed by atoms with Crippen molar-refractivity contribution in [1.82, 2.24) is 9.55 Å². The van der Waals surface area contributed by atoms with Gasteiger partial charge in [-0.15, -0.1) is 0 Å². The minimum absolute atomic E-state index is 0.140. The van der Waals surface area contributed by atoms with E-state index < -0.39 is 0 Å². The van der Waals surface area contributed by atoms with Crippen LogP contribution in [-0.4, -0.2) is 16.2 Å². The second-order valence-electron chi connectivity index (χ2n) is 17.3. The molecule has 11 rings (SSSR count). The molecule has 0 saturated heterocycles. The van der Waals surface area contributed by atoms with Crippen molar-refractivity contribution in [2.75, 3.05) is 16.5 Å². The second-order valence-corrected chi connectivity index (χ2v) is 17.3. The Balaban J connectivity index is 1.02. The summed E-state index contributed by atoms with van der Waals surface area (Å²) in [6.45, 7) is 7.42. The zero-order valence-corrected chi connectivity index (χ0v) is 35.6. The Hall–Kier alpha value is -7.89. The number of fused-ring (bicyclic) bond motifs is 4. The predicted octanol–water partition coefficient (Wildman–Crippen LogP) is 15.5. The Bertz CT molecular complexity index is 3220. The summed E-state index contributed by atoms with van der Waals surface area (Å²) in [7, 11) is 0. The van der Waals surface area contributed by atoms with E-state index in [0.717, 1.165) is 61.9 Å². The van der Waals surface area contributed by atoms with E-state index in [0.29, 0.717) is 6.67 Å². The average Bonchev–Trinajstić information content (AvgIpc) is 3.88.